The molecule has 2 heterocycles. The molecule has 3 aromatic carbocycles. The molecule has 0 saturated carbocycles. The number of rotatable bonds is 6. The minimum Gasteiger partial charge on any atom is -0.452 e. The molecule has 0 aliphatic heterocycles. The number of ether oxygens (including phenoxy) is 1. The van der Waals surface area contributed by atoms with Gasteiger partial charge in [0.2, 0.25) is 0 Å². The van der Waals surface area contributed by atoms with E-state index in [4.69, 9.17) is 4.74 Å². The van der Waals surface area contributed by atoms with Gasteiger partial charge in [0.1, 0.15) is 0 Å². The van der Waals surface area contributed by atoms with Crippen molar-refractivity contribution >= 4 is 71.1 Å². The Kier molecular flexibility index (Phi) is 6.40. The lowest BCUT2D eigenvalue weighted by Gasteiger charge is -2.10. The molecule has 0 aliphatic carbocycles. The molecule has 5 aromatic rings. The quantitative estimate of drug-likeness (QED) is 0.153. The first-order chi connectivity index (χ1) is 17.4. The Labute approximate surface area is 216 Å². The highest BCUT2D eigenvalue weighted by Crippen LogP contribution is 2.30. The fourth-order valence-corrected chi connectivity index (χ4v) is 4.90. The summed E-state index contributed by atoms with van der Waals surface area (Å²) in [6.45, 7) is -0.530. The molecule has 5 rings (SSSR count). The highest BCUT2D eigenvalue weighted by atomic mass is 79.9. The SMILES string of the molecule is O=C(COC(=O)c1cc(-c2cccc(Br)c2)nc2ccccc12)Nc1nc2ccc([N+](=O)[O-])cc2s1. The van der Waals surface area contributed by atoms with Crippen LogP contribution >= 0.6 is 27.3 Å². The first-order valence-corrected chi connectivity index (χ1v) is 12.2. The van der Waals surface area contributed by atoms with Gasteiger partial charge in [0.05, 0.1) is 31.9 Å². The summed E-state index contributed by atoms with van der Waals surface area (Å²) in [5.74, 6) is -1.25. The van der Waals surface area contributed by atoms with Crippen LogP contribution in [-0.2, 0) is 9.53 Å². The Morgan fingerprint density at radius 3 is 2.64 bits per heavy atom. The number of fused-ring (bicyclic) bond motifs is 2. The number of anilines is 1. The van der Waals surface area contributed by atoms with Crippen LogP contribution < -0.4 is 5.32 Å². The number of hydrogen-bond acceptors (Lipinski definition) is 8. The van der Waals surface area contributed by atoms with Crippen molar-refractivity contribution in [2.24, 2.45) is 0 Å². The lowest BCUT2D eigenvalue weighted by Crippen LogP contribution is -2.21. The van der Waals surface area contributed by atoms with Crippen molar-refractivity contribution in [1.82, 2.24) is 9.97 Å². The van der Waals surface area contributed by atoms with Crippen molar-refractivity contribution in [3.63, 3.8) is 0 Å². The molecular formula is C25H15BrN4O5S. The normalized spacial score (nSPS) is 10.9. The summed E-state index contributed by atoms with van der Waals surface area (Å²) in [7, 11) is 0. The van der Waals surface area contributed by atoms with E-state index in [1.54, 1.807) is 24.3 Å². The lowest BCUT2D eigenvalue weighted by molar-refractivity contribution is -0.384. The van der Waals surface area contributed by atoms with Gasteiger partial charge in [-0.05, 0) is 30.3 Å². The first kappa shape index (κ1) is 23.5. The number of non-ortho nitro benzene ring substituents is 1. The van der Waals surface area contributed by atoms with Crippen molar-refractivity contribution in [3.05, 3.63) is 92.9 Å². The summed E-state index contributed by atoms with van der Waals surface area (Å²) in [5.41, 5.74) is 2.77. The number of aromatic nitrogens is 2. The number of para-hydroxylation sites is 1. The van der Waals surface area contributed by atoms with Crippen molar-refractivity contribution in [1.29, 1.82) is 0 Å². The molecule has 0 radical (unpaired) electrons. The van der Waals surface area contributed by atoms with Gasteiger partial charge in [0.15, 0.2) is 11.7 Å². The number of benzene rings is 3. The predicted molar refractivity (Wildman–Crippen MR) is 140 cm³/mol. The number of amides is 1. The van der Waals surface area contributed by atoms with Crippen LogP contribution in [0, 0.1) is 10.1 Å². The molecule has 9 nitrogen and oxygen atoms in total. The maximum Gasteiger partial charge on any atom is 0.339 e. The van der Waals surface area contributed by atoms with Crippen LogP contribution in [-0.4, -0.2) is 33.4 Å². The Balaban J connectivity index is 1.34. The van der Waals surface area contributed by atoms with Crippen LogP contribution in [0.3, 0.4) is 0 Å². The number of nitrogens with one attached hydrogen (secondary N) is 1. The van der Waals surface area contributed by atoms with E-state index in [-0.39, 0.29) is 16.4 Å². The number of nitro groups is 1. The predicted octanol–water partition coefficient (Wildman–Crippen LogP) is 5.98. The van der Waals surface area contributed by atoms with E-state index >= 15 is 0 Å². The Morgan fingerprint density at radius 2 is 1.83 bits per heavy atom. The van der Waals surface area contributed by atoms with Gasteiger partial charge in [0.25, 0.3) is 11.6 Å². The van der Waals surface area contributed by atoms with E-state index in [0.29, 0.717) is 26.8 Å². The van der Waals surface area contributed by atoms with Crippen LogP contribution in [0.15, 0.2) is 77.3 Å². The summed E-state index contributed by atoms with van der Waals surface area (Å²) in [6, 6.07) is 20.6. The molecule has 1 amide bonds. The standard InChI is InChI=1S/C25H15BrN4O5S/c26-15-5-3-4-14(10-15)21-12-18(17-6-1-2-7-19(17)27-21)24(32)35-13-23(31)29-25-28-20-9-8-16(30(33)34)11-22(20)36-25/h1-12H,13H2,(H,28,29,31). The maximum atomic E-state index is 13.0. The number of esters is 1. The number of carbonyl (C=O) groups is 2. The number of halogens is 1. The first-order valence-electron chi connectivity index (χ1n) is 10.5. The Hall–Kier alpha value is -4.22. The highest BCUT2D eigenvalue weighted by Gasteiger charge is 2.18. The number of thiazole rings is 1. The van der Waals surface area contributed by atoms with E-state index in [1.807, 2.05) is 30.3 Å². The van der Waals surface area contributed by atoms with Gasteiger partial charge < -0.3 is 4.74 Å². The van der Waals surface area contributed by atoms with Gasteiger partial charge in [0, 0.05) is 27.6 Å². The van der Waals surface area contributed by atoms with Crippen LogP contribution in [0.5, 0.6) is 0 Å². The zero-order valence-corrected chi connectivity index (χ0v) is 20.7. The zero-order chi connectivity index (χ0) is 25.2. The summed E-state index contributed by atoms with van der Waals surface area (Å²) in [6.07, 6.45) is 0. The third-order valence-corrected chi connectivity index (χ3v) is 6.65. The summed E-state index contributed by atoms with van der Waals surface area (Å²) in [5, 5.41) is 14.4. The van der Waals surface area contributed by atoms with E-state index < -0.39 is 23.4 Å². The molecule has 36 heavy (non-hydrogen) atoms. The minimum atomic E-state index is -0.667. The molecule has 0 fully saturated rings. The summed E-state index contributed by atoms with van der Waals surface area (Å²) >= 11 is 4.54. The number of nitro benzene ring substituents is 1. The van der Waals surface area contributed by atoms with Gasteiger partial charge in [-0.15, -0.1) is 0 Å². The average molecular weight is 563 g/mol. The van der Waals surface area contributed by atoms with Gasteiger partial charge >= 0.3 is 5.97 Å². The summed E-state index contributed by atoms with van der Waals surface area (Å²) < 4.78 is 6.74. The van der Waals surface area contributed by atoms with E-state index in [9.17, 15) is 19.7 Å². The molecule has 0 unspecified atom stereocenters. The molecule has 0 aliphatic rings. The minimum absolute atomic E-state index is 0.0650. The third kappa shape index (κ3) is 4.92. The zero-order valence-electron chi connectivity index (χ0n) is 18.3. The molecule has 1 N–H and O–H groups in total. The van der Waals surface area contributed by atoms with Crippen molar-refractivity contribution in [3.8, 4) is 11.3 Å². The third-order valence-electron chi connectivity index (χ3n) is 5.22. The molecule has 2 aromatic heterocycles. The van der Waals surface area contributed by atoms with Crippen molar-refractivity contribution in [2.75, 3.05) is 11.9 Å². The maximum absolute atomic E-state index is 13.0. The van der Waals surface area contributed by atoms with Crippen molar-refractivity contribution in [2.45, 2.75) is 0 Å². The van der Waals surface area contributed by atoms with E-state index in [1.165, 1.54) is 18.2 Å². The highest BCUT2D eigenvalue weighted by molar-refractivity contribution is 9.10. The molecule has 0 spiro atoms. The van der Waals surface area contributed by atoms with Crippen LogP contribution in [0.2, 0.25) is 0 Å². The molecule has 0 atom stereocenters. The van der Waals surface area contributed by atoms with Gasteiger partial charge in [-0.1, -0.05) is 57.6 Å². The number of pyridine rings is 1. The Morgan fingerprint density at radius 1 is 1.00 bits per heavy atom. The second-order valence-electron chi connectivity index (χ2n) is 7.64. The fraction of sp³-hybridized carbons (Fsp3) is 0.0400. The summed E-state index contributed by atoms with van der Waals surface area (Å²) in [4.78, 5) is 44.8. The second kappa shape index (κ2) is 9.80. The molecule has 11 heteroatoms. The van der Waals surface area contributed by atoms with E-state index in [2.05, 4.69) is 31.2 Å². The number of nitrogens with zero attached hydrogens (tertiary/aromatic N) is 3. The van der Waals surface area contributed by atoms with Gasteiger partial charge in [-0.3, -0.25) is 20.2 Å². The number of hydrogen-bond donors (Lipinski definition) is 1. The van der Waals surface area contributed by atoms with Gasteiger partial charge in [-0.25, -0.2) is 14.8 Å². The fourth-order valence-electron chi connectivity index (χ4n) is 3.58. The molecular weight excluding hydrogens is 548 g/mol. The monoisotopic (exact) mass is 562 g/mol. The molecule has 0 saturated heterocycles. The van der Waals surface area contributed by atoms with Crippen LogP contribution in [0.1, 0.15) is 10.4 Å². The van der Waals surface area contributed by atoms with Crippen LogP contribution in [0.25, 0.3) is 32.4 Å². The largest absolute Gasteiger partial charge is 0.452 e. The smallest absolute Gasteiger partial charge is 0.339 e. The molecule has 0 bridgehead atoms. The topological polar surface area (TPSA) is 124 Å². The van der Waals surface area contributed by atoms with E-state index in [0.717, 1.165) is 21.4 Å². The molecule has 178 valence electrons. The van der Waals surface area contributed by atoms with Gasteiger partial charge in [-0.2, -0.15) is 0 Å². The number of carbonyl (C=O) groups excluding carboxylic acids is 2. The lowest BCUT2D eigenvalue weighted by atomic mass is 10.0. The van der Waals surface area contributed by atoms with Crippen molar-refractivity contribution < 1.29 is 19.2 Å². The van der Waals surface area contributed by atoms with Crippen LogP contribution in [0.4, 0.5) is 10.8 Å². The second-order valence-corrected chi connectivity index (χ2v) is 9.58. The Bertz CT molecular complexity index is 1670. The average Bonchev–Trinajstić information content (AvgIpc) is 3.28.